The van der Waals surface area contributed by atoms with Gasteiger partial charge in [-0.1, -0.05) is 0 Å². The predicted molar refractivity (Wildman–Crippen MR) is 81.1 cm³/mol. The molecule has 6 nitrogen and oxygen atoms in total. The Bertz CT molecular complexity index is 630. The van der Waals surface area contributed by atoms with Gasteiger partial charge in [0.05, 0.1) is 5.69 Å². The highest BCUT2D eigenvalue weighted by atomic mass is 32.1. The highest BCUT2D eigenvalue weighted by Crippen LogP contribution is 2.30. The van der Waals surface area contributed by atoms with Crippen molar-refractivity contribution in [2.45, 2.75) is 19.8 Å². The van der Waals surface area contributed by atoms with E-state index in [1.54, 1.807) is 0 Å². The van der Waals surface area contributed by atoms with Crippen LogP contribution in [0.3, 0.4) is 0 Å². The van der Waals surface area contributed by atoms with Gasteiger partial charge < -0.3 is 10.6 Å². The van der Waals surface area contributed by atoms with Gasteiger partial charge in [0, 0.05) is 30.3 Å². The Kier molecular flexibility index (Phi) is 3.60. The summed E-state index contributed by atoms with van der Waals surface area (Å²) in [5, 5.41) is 8.75. The molecule has 2 aromatic rings. The van der Waals surface area contributed by atoms with Gasteiger partial charge in [-0.05, 0) is 38.0 Å². The Hall–Kier alpha value is -2.02. The van der Waals surface area contributed by atoms with E-state index in [1.807, 2.05) is 25.1 Å². The van der Waals surface area contributed by atoms with Crippen LogP contribution >= 0.6 is 11.5 Å². The molecule has 0 atom stereocenters. The summed E-state index contributed by atoms with van der Waals surface area (Å²) in [7, 11) is 0. The number of aromatic nitrogens is 2. The van der Waals surface area contributed by atoms with Gasteiger partial charge in [-0.15, -0.1) is 10.2 Å². The van der Waals surface area contributed by atoms with Crippen LogP contribution in [0.25, 0.3) is 0 Å². The van der Waals surface area contributed by atoms with E-state index >= 15 is 0 Å². The summed E-state index contributed by atoms with van der Waals surface area (Å²) >= 11 is 1.23. The number of azo groups is 1. The van der Waals surface area contributed by atoms with Gasteiger partial charge in [-0.3, -0.25) is 0 Å². The lowest BCUT2D eigenvalue weighted by molar-refractivity contribution is 0.949. The molecule has 1 saturated heterocycles. The van der Waals surface area contributed by atoms with Gasteiger partial charge in [0.2, 0.25) is 5.13 Å². The van der Waals surface area contributed by atoms with E-state index < -0.39 is 0 Å². The molecule has 0 radical (unpaired) electrons. The molecule has 1 aliphatic rings. The maximum Gasteiger partial charge on any atom is 0.249 e. The van der Waals surface area contributed by atoms with Crippen LogP contribution in [-0.4, -0.2) is 22.4 Å². The van der Waals surface area contributed by atoms with Crippen molar-refractivity contribution in [1.29, 1.82) is 0 Å². The van der Waals surface area contributed by atoms with E-state index in [-0.39, 0.29) is 0 Å². The number of hydrogen-bond acceptors (Lipinski definition) is 7. The van der Waals surface area contributed by atoms with Crippen molar-refractivity contribution < 1.29 is 0 Å². The third kappa shape index (κ3) is 2.77. The maximum absolute atomic E-state index is 6.05. The zero-order valence-electron chi connectivity index (χ0n) is 11.3. The first-order chi connectivity index (χ1) is 9.72. The third-order valence-electron chi connectivity index (χ3n) is 3.24. The Morgan fingerprint density at radius 2 is 2.05 bits per heavy atom. The highest BCUT2D eigenvalue weighted by molar-refractivity contribution is 7.09. The van der Waals surface area contributed by atoms with Crippen LogP contribution in [-0.2, 0) is 0 Å². The van der Waals surface area contributed by atoms with E-state index in [9.17, 15) is 0 Å². The first-order valence-corrected chi connectivity index (χ1v) is 7.36. The minimum Gasteiger partial charge on any atom is -0.397 e. The van der Waals surface area contributed by atoms with Gasteiger partial charge in [0.15, 0.2) is 0 Å². The molecule has 1 aromatic heterocycles. The van der Waals surface area contributed by atoms with Crippen molar-refractivity contribution in [2.24, 2.45) is 10.2 Å². The number of nitrogens with zero attached hydrogens (tertiary/aromatic N) is 5. The number of nitrogen functional groups attached to an aromatic ring is 1. The molecule has 3 rings (SSSR count). The number of rotatable bonds is 3. The SMILES string of the molecule is Cc1nsc(N=Nc2ccc(N3CCCC3)cc2N)n1. The lowest BCUT2D eigenvalue weighted by atomic mass is 10.2. The second kappa shape index (κ2) is 5.54. The number of aryl methyl sites for hydroxylation is 1. The largest absolute Gasteiger partial charge is 0.397 e. The number of nitrogens with two attached hydrogens (primary N) is 1. The fourth-order valence-corrected chi connectivity index (χ4v) is 2.73. The van der Waals surface area contributed by atoms with E-state index in [4.69, 9.17) is 5.73 Å². The first kappa shape index (κ1) is 13.0. The molecule has 2 heterocycles. The Labute approximate surface area is 121 Å². The van der Waals surface area contributed by atoms with Crippen molar-refractivity contribution in [1.82, 2.24) is 9.36 Å². The molecule has 0 bridgehead atoms. The van der Waals surface area contributed by atoms with Crippen molar-refractivity contribution in [3.8, 4) is 0 Å². The van der Waals surface area contributed by atoms with E-state index in [0.717, 1.165) is 18.8 Å². The molecule has 0 saturated carbocycles. The van der Waals surface area contributed by atoms with Crippen molar-refractivity contribution >= 4 is 33.7 Å². The second-order valence-electron chi connectivity index (χ2n) is 4.76. The number of hydrogen-bond donors (Lipinski definition) is 1. The van der Waals surface area contributed by atoms with E-state index in [1.165, 1.54) is 24.4 Å². The van der Waals surface area contributed by atoms with Crippen molar-refractivity contribution in [3.63, 3.8) is 0 Å². The summed E-state index contributed by atoms with van der Waals surface area (Å²) in [6.45, 7) is 4.03. The van der Waals surface area contributed by atoms with Gasteiger partial charge >= 0.3 is 0 Å². The van der Waals surface area contributed by atoms with Gasteiger partial charge in [0.1, 0.15) is 11.5 Å². The fraction of sp³-hybridized carbons (Fsp3) is 0.385. The monoisotopic (exact) mass is 288 g/mol. The first-order valence-electron chi connectivity index (χ1n) is 6.59. The fourth-order valence-electron chi connectivity index (χ4n) is 2.23. The van der Waals surface area contributed by atoms with E-state index in [2.05, 4.69) is 24.5 Å². The van der Waals surface area contributed by atoms with Crippen molar-refractivity contribution in [2.75, 3.05) is 23.7 Å². The summed E-state index contributed by atoms with van der Waals surface area (Å²) in [4.78, 5) is 6.47. The van der Waals surface area contributed by atoms with Gasteiger partial charge in [0.25, 0.3) is 0 Å². The zero-order valence-corrected chi connectivity index (χ0v) is 12.1. The molecule has 1 aromatic carbocycles. The Morgan fingerprint density at radius 1 is 1.25 bits per heavy atom. The molecule has 7 heteroatoms. The van der Waals surface area contributed by atoms with E-state index in [0.29, 0.717) is 22.3 Å². The molecular formula is C13H16N6S. The molecule has 0 unspecified atom stereocenters. The molecule has 104 valence electrons. The van der Waals surface area contributed by atoms with Crippen LogP contribution < -0.4 is 10.6 Å². The lowest BCUT2D eigenvalue weighted by Crippen LogP contribution is -2.17. The summed E-state index contributed by atoms with van der Waals surface area (Å²) in [6, 6.07) is 5.91. The molecule has 1 aliphatic heterocycles. The molecule has 0 amide bonds. The molecule has 20 heavy (non-hydrogen) atoms. The third-order valence-corrected chi connectivity index (χ3v) is 3.93. The summed E-state index contributed by atoms with van der Waals surface area (Å²) < 4.78 is 4.06. The summed E-state index contributed by atoms with van der Waals surface area (Å²) in [5.41, 5.74) is 8.51. The van der Waals surface area contributed by atoms with Crippen LogP contribution in [0.2, 0.25) is 0 Å². The molecular weight excluding hydrogens is 272 g/mol. The molecule has 0 aliphatic carbocycles. The number of benzene rings is 1. The lowest BCUT2D eigenvalue weighted by Gasteiger charge is -2.18. The van der Waals surface area contributed by atoms with Crippen molar-refractivity contribution in [3.05, 3.63) is 24.0 Å². The highest BCUT2D eigenvalue weighted by Gasteiger charge is 2.13. The molecule has 1 fully saturated rings. The quantitative estimate of drug-likeness (QED) is 0.693. The van der Waals surface area contributed by atoms with Gasteiger partial charge in [-0.25, -0.2) is 4.98 Å². The summed E-state index contributed by atoms with van der Waals surface area (Å²) in [6.07, 6.45) is 2.50. The zero-order chi connectivity index (χ0) is 13.9. The standard InChI is InChI=1S/C13H16N6S/c1-9-15-13(20-18-9)17-16-12-5-4-10(8-11(12)14)19-6-2-3-7-19/h4-5,8H,2-3,6-7,14H2,1H3. The normalized spacial score (nSPS) is 15.3. The molecule has 0 spiro atoms. The van der Waals surface area contributed by atoms with Gasteiger partial charge in [-0.2, -0.15) is 4.37 Å². The predicted octanol–water partition coefficient (Wildman–Crippen LogP) is 3.44. The maximum atomic E-state index is 6.05. The van der Waals surface area contributed by atoms with Crippen LogP contribution in [0.1, 0.15) is 18.7 Å². The van der Waals surface area contributed by atoms with Crippen LogP contribution in [0.15, 0.2) is 28.4 Å². The molecule has 2 N–H and O–H groups in total. The number of anilines is 2. The summed E-state index contributed by atoms with van der Waals surface area (Å²) in [5.74, 6) is 0.710. The average molecular weight is 288 g/mol. The minimum atomic E-state index is 0.547. The Balaban J connectivity index is 1.78. The van der Waals surface area contributed by atoms with Crippen LogP contribution in [0, 0.1) is 6.92 Å². The minimum absolute atomic E-state index is 0.547. The van der Waals surface area contributed by atoms with Crippen LogP contribution in [0.4, 0.5) is 22.2 Å². The topological polar surface area (TPSA) is 79.8 Å². The average Bonchev–Trinajstić information content (AvgIpc) is 3.08. The Morgan fingerprint density at radius 3 is 2.70 bits per heavy atom. The smallest absolute Gasteiger partial charge is 0.249 e. The second-order valence-corrected chi connectivity index (χ2v) is 5.49. The van der Waals surface area contributed by atoms with Crippen LogP contribution in [0.5, 0.6) is 0 Å².